The van der Waals surface area contributed by atoms with E-state index in [0.717, 1.165) is 0 Å². The molecule has 0 radical (unpaired) electrons. The van der Waals surface area contributed by atoms with Crippen molar-refractivity contribution in [1.82, 2.24) is 5.32 Å². The van der Waals surface area contributed by atoms with E-state index >= 15 is 0 Å². The van der Waals surface area contributed by atoms with Crippen molar-refractivity contribution in [2.24, 2.45) is 5.92 Å². The SMILES string of the molecule is CC(C#N)C(=O)NCCc1ccccc1F. The van der Waals surface area contributed by atoms with E-state index in [2.05, 4.69) is 5.32 Å². The second-order valence-electron chi connectivity index (χ2n) is 3.48. The van der Waals surface area contributed by atoms with Crippen molar-refractivity contribution in [3.05, 3.63) is 35.6 Å². The molecule has 1 N–H and O–H groups in total. The van der Waals surface area contributed by atoms with Gasteiger partial charge in [-0.2, -0.15) is 5.26 Å². The highest BCUT2D eigenvalue weighted by Gasteiger charge is 2.10. The van der Waals surface area contributed by atoms with Crippen LogP contribution in [-0.2, 0) is 11.2 Å². The quantitative estimate of drug-likeness (QED) is 0.838. The van der Waals surface area contributed by atoms with Crippen LogP contribution in [0.5, 0.6) is 0 Å². The van der Waals surface area contributed by atoms with Gasteiger partial charge in [0.2, 0.25) is 5.91 Å². The van der Waals surface area contributed by atoms with Crippen LogP contribution in [0.15, 0.2) is 24.3 Å². The highest BCUT2D eigenvalue weighted by molar-refractivity contribution is 5.80. The topological polar surface area (TPSA) is 52.9 Å². The van der Waals surface area contributed by atoms with Crippen molar-refractivity contribution in [3.63, 3.8) is 0 Å². The molecule has 4 heteroatoms. The number of nitriles is 1. The summed E-state index contributed by atoms with van der Waals surface area (Å²) in [4.78, 5) is 11.2. The van der Waals surface area contributed by atoms with Gasteiger partial charge >= 0.3 is 0 Å². The first-order valence-corrected chi connectivity index (χ1v) is 5.06. The fraction of sp³-hybridized carbons (Fsp3) is 0.333. The Morgan fingerprint density at radius 1 is 1.56 bits per heavy atom. The number of nitrogens with zero attached hydrogens (tertiary/aromatic N) is 1. The zero-order valence-corrected chi connectivity index (χ0v) is 9.03. The maximum Gasteiger partial charge on any atom is 0.237 e. The first-order valence-electron chi connectivity index (χ1n) is 5.06. The van der Waals surface area contributed by atoms with Gasteiger partial charge in [0, 0.05) is 6.54 Å². The van der Waals surface area contributed by atoms with Crippen LogP contribution in [0.3, 0.4) is 0 Å². The normalized spacial score (nSPS) is 11.6. The Morgan fingerprint density at radius 2 is 2.25 bits per heavy atom. The second kappa shape index (κ2) is 5.86. The van der Waals surface area contributed by atoms with Crippen LogP contribution < -0.4 is 5.32 Å². The van der Waals surface area contributed by atoms with E-state index in [9.17, 15) is 9.18 Å². The van der Waals surface area contributed by atoms with Gasteiger partial charge in [-0.1, -0.05) is 18.2 Å². The van der Waals surface area contributed by atoms with Crippen molar-refractivity contribution in [2.45, 2.75) is 13.3 Å². The van der Waals surface area contributed by atoms with Crippen LogP contribution in [-0.4, -0.2) is 12.5 Å². The number of halogens is 1. The van der Waals surface area contributed by atoms with Crippen molar-refractivity contribution in [1.29, 1.82) is 5.26 Å². The number of amides is 1. The zero-order chi connectivity index (χ0) is 12.0. The van der Waals surface area contributed by atoms with Crippen molar-refractivity contribution < 1.29 is 9.18 Å². The molecule has 3 nitrogen and oxygen atoms in total. The third-order valence-corrected chi connectivity index (χ3v) is 2.24. The molecular formula is C12H13FN2O. The van der Waals surface area contributed by atoms with Gasteiger partial charge in [0.05, 0.1) is 6.07 Å². The molecule has 0 aliphatic rings. The summed E-state index contributed by atoms with van der Waals surface area (Å²) in [5, 5.41) is 11.1. The van der Waals surface area contributed by atoms with E-state index in [4.69, 9.17) is 5.26 Å². The number of rotatable bonds is 4. The summed E-state index contributed by atoms with van der Waals surface area (Å²) in [5.74, 6) is -1.26. The lowest BCUT2D eigenvalue weighted by molar-refractivity contribution is -0.122. The number of hydrogen-bond acceptors (Lipinski definition) is 2. The number of carbonyl (C=O) groups excluding carboxylic acids is 1. The van der Waals surface area contributed by atoms with Gasteiger partial charge in [0.25, 0.3) is 0 Å². The van der Waals surface area contributed by atoms with Crippen LogP contribution in [0.4, 0.5) is 4.39 Å². The fourth-order valence-corrected chi connectivity index (χ4v) is 1.23. The molecule has 84 valence electrons. The first kappa shape index (κ1) is 12.2. The Balaban J connectivity index is 2.40. The van der Waals surface area contributed by atoms with E-state index in [1.165, 1.54) is 13.0 Å². The summed E-state index contributed by atoms with van der Waals surface area (Å²) >= 11 is 0. The Kier molecular flexibility index (Phi) is 4.46. The van der Waals surface area contributed by atoms with Gasteiger partial charge in [0.15, 0.2) is 0 Å². The standard InChI is InChI=1S/C12H13FN2O/c1-9(8-14)12(16)15-7-6-10-4-2-3-5-11(10)13/h2-5,9H,6-7H2,1H3,(H,15,16). The van der Waals surface area contributed by atoms with Gasteiger partial charge in [-0.3, -0.25) is 4.79 Å². The molecule has 0 spiro atoms. The molecule has 1 aromatic carbocycles. The van der Waals surface area contributed by atoms with Crippen molar-refractivity contribution >= 4 is 5.91 Å². The Labute approximate surface area is 93.9 Å². The first-order chi connectivity index (χ1) is 7.65. The van der Waals surface area contributed by atoms with Gasteiger partial charge in [0.1, 0.15) is 11.7 Å². The maximum absolute atomic E-state index is 13.2. The molecule has 0 aliphatic heterocycles. The van der Waals surface area contributed by atoms with Gasteiger partial charge in [-0.05, 0) is 25.0 Å². The third-order valence-electron chi connectivity index (χ3n) is 2.24. The molecular weight excluding hydrogens is 207 g/mol. The summed E-state index contributed by atoms with van der Waals surface area (Å²) in [7, 11) is 0. The Morgan fingerprint density at radius 3 is 2.88 bits per heavy atom. The van der Waals surface area contributed by atoms with Gasteiger partial charge in [-0.15, -0.1) is 0 Å². The molecule has 1 amide bonds. The Hall–Kier alpha value is -1.89. The molecule has 1 atom stereocenters. The average molecular weight is 220 g/mol. The monoisotopic (exact) mass is 220 g/mol. The van der Waals surface area contributed by atoms with E-state index in [-0.39, 0.29) is 11.7 Å². The highest BCUT2D eigenvalue weighted by atomic mass is 19.1. The smallest absolute Gasteiger partial charge is 0.237 e. The fourth-order valence-electron chi connectivity index (χ4n) is 1.23. The van der Waals surface area contributed by atoms with Crippen LogP contribution in [0.2, 0.25) is 0 Å². The minimum Gasteiger partial charge on any atom is -0.355 e. The predicted molar refractivity (Wildman–Crippen MR) is 57.9 cm³/mol. The summed E-state index contributed by atoms with van der Waals surface area (Å²) in [5.41, 5.74) is 0.562. The number of hydrogen-bond donors (Lipinski definition) is 1. The molecule has 0 bridgehead atoms. The van der Waals surface area contributed by atoms with Crippen LogP contribution in [0, 0.1) is 23.1 Å². The molecule has 1 aromatic rings. The maximum atomic E-state index is 13.2. The molecule has 0 aliphatic carbocycles. The number of nitrogens with one attached hydrogen (secondary N) is 1. The van der Waals surface area contributed by atoms with E-state index in [1.807, 2.05) is 6.07 Å². The minimum atomic E-state index is -0.666. The molecule has 0 fully saturated rings. The van der Waals surface area contributed by atoms with Crippen LogP contribution >= 0.6 is 0 Å². The average Bonchev–Trinajstić information content (AvgIpc) is 2.30. The van der Waals surface area contributed by atoms with E-state index in [1.54, 1.807) is 18.2 Å². The summed E-state index contributed by atoms with van der Waals surface area (Å²) in [6.45, 7) is 1.87. The number of benzene rings is 1. The summed E-state index contributed by atoms with van der Waals surface area (Å²) < 4.78 is 13.2. The molecule has 0 heterocycles. The van der Waals surface area contributed by atoms with Crippen LogP contribution in [0.1, 0.15) is 12.5 Å². The molecule has 1 rings (SSSR count). The minimum absolute atomic E-state index is 0.273. The molecule has 1 unspecified atom stereocenters. The van der Waals surface area contributed by atoms with E-state index < -0.39 is 5.92 Å². The molecule has 0 saturated carbocycles. The lowest BCUT2D eigenvalue weighted by Crippen LogP contribution is -2.30. The Bertz CT molecular complexity index is 412. The number of carbonyl (C=O) groups is 1. The van der Waals surface area contributed by atoms with Gasteiger partial charge in [-0.25, -0.2) is 4.39 Å². The second-order valence-corrected chi connectivity index (χ2v) is 3.48. The molecule has 0 aromatic heterocycles. The lowest BCUT2D eigenvalue weighted by Gasteiger charge is -2.06. The highest BCUT2D eigenvalue weighted by Crippen LogP contribution is 2.06. The van der Waals surface area contributed by atoms with Crippen molar-refractivity contribution in [3.8, 4) is 6.07 Å². The molecule has 0 saturated heterocycles. The largest absolute Gasteiger partial charge is 0.355 e. The zero-order valence-electron chi connectivity index (χ0n) is 9.03. The lowest BCUT2D eigenvalue weighted by atomic mass is 10.1. The summed E-state index contributed by atoms with van der Waals surface area (Å²) in [6, 6.07) is 8.27. The predicted octanol–water partition coefficient (Wildman–Crippen LogP) is 1.64. The molecule has 16 heavy (non-hydrogen) atoms. The summed E-state index contributed by atoms with van der Waals surface area (Å²) in [6.07, 6.45) is 0.427. The van der Waals surface area contributed by atoms with E-state index in [0.29, 0.717) is 18.5 Å². The van der Waals surface area contributed by atoms with Crippen LogP contribution in [0.25, 0.3) is 0 Å². The van der Waals surface area contributed by atoms with Crippen molar-refractivity contribution in [2.75, 3.05) is 6.54 Å². The van der Waals surface area contributed by atoms with Gasteiger partial charge < -0.3 is 5.32 Å². The third kappa shape index (κ3) is 3.35.